The number of quaternary nitrogens is 1. The molecule has 2 unspecified atom stereocenters. The molecule has 1 aromatic heterocycles. The fraction of sp³-hybridized carbons (Fsp3) is 0.433. The van der Waals surface area contributed by atoms with Crippen LogP contribution in [0.1, 0.15) is 70.9 Å². The van der Waals surface area contributed by atoms with Crippen LogP contribution in [0.3, 0.4) is 0 Å². The Hall–Kier alpha value is -3.47. The maximum Gasteiger partial charge on any atom is 0.251 e. The van der Waals surface area contributed by atoms with Crippen molar-refractivity contribution >= 4 is 11.9 Å². The maximum absolute atomic E-state index is 15.1. The highest BCUT2D eigenvalue weighted by Gasteiger charge is 2.37. The number of nitrogens with two attached hydrogens (primary N) is 1. The summed E-state index contributed by atoms with van der Waals surface area (Å²) in [6, 6.07) is 8.26. The van der Waals surface area contributed by atoms with Gasteiger partial charge in [-0.05, 0) is 68.9 Å². The minimum absolute atomic E-state index is 0.0864. The van der Waals surface area contributed by atoms with E-state index >= 15 is 8.78 Å². The van der Waals surface area contributed by atoms with E-state index in [1.54, 1.807) is 6.07 Å². The predicted molar refractivity (Wildman–Crippen MR) is 148 cm³/mol. The van der Waals surface area contributed by atoms with Gasteiger partial charge in [0.05, 0.1) is 17.8 Å². The Labute approximate surface area is 232 Å². The first-order valence-electron chi connectivity index (χ1n) is 14.1. The highest BCUT2D eigenvalue weighted by molar-refractivity contribution is 5.96. The van der Waals surface area contributed by atoms with Crippen LogP contribution < -0.4 is 21.0 Å². The first-order chi connectivity index (χ1) is 19.3. The lowest BCUT2D eigenvalue weighted by molar-refractivity contribution is -0.878. The van der Waals surface area contributed by atoms with E-state index in [-0.39, 0.29) is 35.2 Å². The largest absolute Gasteiger partial charge is 0.634 e. The molecule has 1 amide bonds. The van der Waals surface area contributed by atoms with Crippen LogP contribution in [-0.4, -0.2) is 47.6 Å². The van der Waals surface area contributed by atoms with Crippen molar-refractivity contribution in [3.63, 3.8) is 0 Å². The zero-order valence-electron chi connectivity index (χ0n) is 22.6. The molecule has 8 nitrogen and oxygen atoms in total. The number of hydroxylamine groups is 2. The smallest absolute Gasteiger partial charge is 0.251 e. The molecule has 1 aliphatic carbocycles. The zero-order chi connectivity index (χ0) is 28.0. The number of halogens is 2. The Morgan fingerprint density at radius 2 is 1.82 bits per heavy atom. The number of aromatic nitrogens is 2. The van der Waals surface area contributed by atoms with Gasteiger partial charge in [0.2, 0.25) is 5.95 Å². The number of piperidine rings is 1. The lowest BCUT2D eigenvalue weighted by Crippen LogP contribution is -3.09. The summed E-state index contributed by atoms with van der Waals surface area (Å²) in [5.74, 6) is -1.29. The van der Waals surface area contributed by atoms with Gasteiger partial charge in [-0.25, -0.2) is 18.7 Å². The minimum atomic E-state index is -1.18. The molecule has 6 rings (SSSR count). The van der Waals surface area contributed by atoms with E-state index in [4.69, 9.17) is 15.7 Å². The van der Waals surface area contributed by atoms with E-state index < -0.39 is 17.7 Å². The van der Waals surface area contributed by atoms with Crippen LogP contribution in [0.25, 0.3) is 11.3 Å². The normalized spacial score (nSPS) is 21.6. The Kier molecular flexibility index (Phi) is 7.24. The van der Waals surface area contributed by atoms with Crippen molar-refractivity contribution in [1.82, 2.24) is 15.3 Å². The van der Waals surface area contributed by atoms with E-state index in [1.165, 1.54) is 18.2 Å². The van der Waals surface area contributed by atoms with Gasteiger partial charge in [-0.3, -0.25) is 4.79 Å². The molecule has 1 saturated carbocycles. The second-order valence-corrected chi connectivity index (χ2v) is 11.2. The van der Waals surface area contributed by atoms with Gasteiger partial charge < -0.3 is 26.2 Å². The summed E-state index contributed by atoms with van der Waals surface area (Å²) in [5, 5.41) is 16.1. The van der Waals surface area contributed by atoms with Crippen molar-refractivity contribution in [2.24, 2.45) is 5.73 Å². The number of fused-ring (bicyclic) bond motifs is 1. The van der Waals surface area contributed by atoms with Crippen LogP contribution in [0.15, 0.2) is 36.4 Å². The van der Waals surface area contributed by atoms with Crippen molar-refractivity contribution in [2.45, 2.75) is 63.6 Å². The number of nitrogens with one attached hydrogen (secondary N) is 2. The van der Waals surface area contributed by atoms with Crippen LogP contribution in [0.5, 0.6) is 0 Å². The monoisotopic (exact) mass is 548 g/mol. The summed E-state index contributed by atoms with van der Waals surface area (Å²) in [6.07, 6.45) is 4.94. The van der Waals surface area contributed by atoms with Crippen LogP contribution in [0.4, 0.5) is 14.7 Å². The van der Waals surface area contributed by atoms with E-state index in [2.05, 4.69) is 5.32 Å². The molecule has 3 aromatic rings. The van der Waals surface area contributed by atoms with Gasteiger partial charge in [0.15, 0.2) is 6.04 Å². The van der Waals surface area contributed by atoms with Crippen LogP contribution in [0.2, 0.25) is 0 Å². The molecule has 3 heterocycles. The van der Waals surface area contributed by atoms with Crippen LogP contribution >= 0.6 is 0 Å². The molecule has 2 aromatic carbocycles. The first-order valence-corrected chi connectivity index (χ1v) is 14.1. The molecular formula is C30H34F2N6O2. The number of hydrogen-bond acceptors (Lipinski definition) is 6. The number of benzene rings is 2. The van der Waals surface area contributed by atoms with Gasteiger partial charge in [0, 0.05) is 48.3 Å². The topological polar surface area (TPSA) is 112 Å². The molecule has 2 atom stereocenters. The minimum Gasteiger partial charge on any atom is -0.634 e. The standard InChI is InChI=1S/C30H34F2N6O2/c1-17-8-9-18(29(39)34-20-4-2-5-20)16-22(17)26-21-12-15-38(40)28(25-23(31)6-3-7-24(25)32)27(21)36-30(35-26)37-13-10-19(33)11-14-37/h3,6-9,16,19-20,28,38H,2,4-5,10-15,33H2,1H3,(H,34,39). The molecule has 0 spiro atoms. The maximum atomic E-state index is 15.1. The molecule has 2 fully saturated rings. The summed E-state index contributed by atoms with van der Waals surface area (Å²) >= 11 is 0. The molecule has 4 N–H and O–H groups in total. The third-order valence-electron chi connectivity index (χ3n) is 8.55. The van der Waals surface area contributed by atoms with Crippen molar-refractivity contribution in [3.8, 4) is 11.3 Å². The van der Waals surface area contributed by atoms with Gasteiger partial charge in [0.1, 0.15) is 17.3 Å². The summed E-state index contributed by atoms with van der Waals surface area (Å²) in [6.45, 7) is 3.32. The molecule has 40 heavy (non-hydrogen) atoms. The number of hydrogen-bond donors (Lipinski definition) is 3. The molecule has 210 valence electrons. The molecule has 2 aliphatic heterocycles. The number of rotatable bonds is 5. The Bertz CT molecular complexity index is 1420. The zero-order valence-corrected chi connectivity index (χ0v) is 22.6. The summed E-state index contributed by atoms with van der Waals surface area (Å²) in [4.78, 5) is 24.9. The van der Waals surface area contributed by atoms with Gasteiger partial charge in [-0.15, -0.1) is 0 Å². The predicted octanol–water partition coefficient (Wildman–Crippen LogP) is 2.97. The highest BCUT2D eigenvalue weighted by atomic mass is 19.1. The fourth-order valence-electron chi connectivity index (χ4n) is 5.91. The highest BCUT2D eigenvalue weighted by Crippen LogP contribution is 2.36. The molecule has 1 saturated heterocycles. The summed E-state index contributed by atoms with van der Waals surface area (Å²) < 4.78 is 30.1. The lowest BCUT2D eigenvalue weighted by Gasteiger charge is -2.38. The van der Waals surface area contributed by atoms with Gasteiger partial charge in [-0.2, -0.15) is 0 Å². The Balaban J connectivity index is 1.51. The summed E-state index contributed by atoms with van der Waals surface area (Å²) in [5.41, 5.74) is 9.64. The van der Waals surface area contributed by atoms with E-state index in [9.17, 15) is 10.0 Å². The Morgan fingerprint density at radius 3 is 2.50 bits per heavy atom. The molecular weight excluding hydrogens is 514 g/mol. The van der Waals surface area contributed by atoms with Crippen LogP contribution in [0, 0.1) is 23.8 Å². The number of nitrogens with zero attached hydrogens (tertiary/aromatic N) is 3. The van der Waals surface area contributed by atoms with E-state index in [1.807, 2.05) is 24.0 Å². The Morgan fingerprint density at radius 1 is 1.10 bits per heavy atom. The number of carbonyl (C=O) groups excluding carboxylic acids is 1. The van der Waals surface area contributed by atoms with Gasteiger partial charge >= 0.3 is 0 Å². The van der Waals surface area contributed by atoms with Gasteiger partial charge in [-0.1, -0.05) is 12.1 Å². The fourth-order valence-corrected chi connectivity index (χ4v) is 5.91. The molecule has 10 heteroatoms. The average molecular weight is 549 g/mol. The second-order valence-electron chi connectivity index (χ2n) is 11.2. The van der Waals surface area contributed by atoms with Crippen LogP contribution in [-0.2, 0) is 6.42 Å². The van der Waals surface area contributed by atoms with E-state index in [0.29, 0.717) is 48.0 Å². The third kappa shape index (κ3) is 4.95. The lowest BCUT2D eigenvalue weighted by atomic mass is 9.89. The van der Waals surface area contributed by atoms with Crippen molar-refractivity contribution in [2.75, 3.05) is 24.5 Å². The summed E-state index contributed by atoms with van der Waals surface area (Å²) in [7, 11) is 0. The van der Waals surface area contributed by atoms with Crippen molar-refractivity contribution in [3.05, 3.63) is 81.2 Å². The van der Waals surface area contributed by atoms with Gasteiger partial charge in [0.25, 0.3) is 5.91 Å². The number of carbonyl (C=O) groups is 1. The quantitative estimate of drug-likeness (QED) is 0.423. The number of anilines is 1. The molecule has 3 aliphatic rings. The van der Waals surface area contributed by atoms with E-state index in [0.717, 1.165) is 43.2 Å². The third-order valence-corrected chi connectivity index (χ3v) is 8.55. The number of aryl methyl sites for hydroxylation is 1. The van der Waals surface area contributed by atoms with Crippen molar-refractivity contribution in [1.29, 1.82) is 0 Å². The second kappa shape index (κ2) is 10.8. The van der Waals surface area contributed by atoms with Crippen molar-refractivity contribution < 1.29 is 18.6 Å². The first kappa shape index (κ1) is 26.7. The average Bonchev–Trinajstić information content (AvgIpc) is 2.91. The number of amides is 1. The molecule has 0 radical (unpaired) electrons. The molecule has 0 bridgehead atoms. The SMILES string of the molecule is Cc1ccc(C(=O)NC2CCC2)cc1-c1nc(N2CCC(N)CC2)nc2c1CC[NH+]([O-])C2c1c(F)cccc1F.